The first kappa shape index (κ1) is 10.4. The first-order valence-corrected chi connectivity index (χ1v) is 3.95. The maximum Gasteiger partial charge on any atom is 0.243 e. The minimum atomic E-state index is -2.47. The Balaban J connectivity index is 4.01. The van der Waals surface area contributed by atoms with Crippen molar-refractivity contribution in [2.75, 3.05) is 0 Å². The lowest BCUT2D eigenvalue weighted by Crippen LogP contribution is -2.30. The van der Waals surface area contributed by atoms with Crippen LogP contribution in [0.3, 0.4) is 0 Å². The fourth-order valence-electron chi connectivity index (χ4n) is 0.0952. The van der Waals surface area contributed by atoms with Gasteiger partial charge < -0.3 is 0 Å². The lowest BCUT2D eigenvalue weighted by Gasteiger charge is -2.18. The Morgan fingerprint density at radius 1 is 1.00 bits per heavy atom. The quantitative estimate of drug-likeness (QED) is 0.641. The fourth-order valence-corrected chi connectivity index (χ4v) is 0.857. The average Bonchev–Trinajstić information content (AvgIpc) is 1.65. The van der Waals surface area contributed by atoms with Crippen molar-refractivity contribution in [1.82, 2.24) is 0 Å². The molecule has 0 rings (SSSR count). The molecule has 56 valence electrons. The van der Waals surface area contributed by atoms with Crippen molar-refractivity contribution in [2.24, 2.45) is 0 Å². The van der Waals surface area contributed by atoms with Crippen molar-refractivity contribution in [1.29, 1.82) is 0 Å². The summed E-state index contributed by atoms with van der Waals surface area (Å²) in [6, 6.07) is 0. The van der Waals surface area contributed by atoms with Gasteiger partial charge in [0.15, 0.2) is 9.67 Å². The van der Waals surface area contributed by atoms with Gasteiger partial charge in [-0.1, -0.05) is 11.6 Å². The fraction of sp³-hybridized carbons (Fsp3) is 1.00. The number of rotatable bonds is 2. The van der Waals surface area contributed by atoms with Crippen molar-refractivity contribution in [3.63, 3.8) is 0 Å². The van der Waals surface area contributed by atoms with Gasteiger partial charge in [0.2, 0.25) is 5.13 Å². The van der Waals surface area contributed by atoms with Crippen LogP contribution in [-0.4, -0.2) is 14.8 Å². The normalized spacial score (nSPS) is 13.3. The van der Waals surface area contributed by atoms with E-state index in [1.807, 2.05) is 0 Å². The van der Waals surface area contributed by atoms with Crippen LogP contribution in [-0.2, 0) is 0 Å². The lowest BCUT2D eigenvalue weighted by atomic mass is 10.5. The topological polar surface area (TPSA) is 0 Å². The van der Waals surface area contributed by atoms with Gasteiger partial charge in [-0.2, -0.15) is 0 Å². The smallest absolute Gasteiger partial charge is 0.220 e. The molecule has 0 aliphatic heterocycles. The molecule has 0 fully saturated rings. The average molecular weight is 234 g/mol. The third-order valence-electron chi connectivity index (χ3n) is 0.582. The van der Waals surface area contributed by atoms with E-state index in [9.17, 15) is 4.39 Å². The zero-order valence-corrected chi connectivity index (χ0v) is 7.70. The highest BCUT2D eigenvalue weighted by Crippen LogP contribution is 2.37. The third kappa shape index (κ3) is 2.85. The van der Waals surface area contributed by atoms with Gasteiger partial charge in [0.1, 0.15) is 0 Å². The summed E-state index contributed by atoms with van der Waals surface area (Å²) in [5.41, 5.74) is 0. The van der Waals surface area contributed by atoms with Crippen molar-refractivity contribution in [3.8, 4) is 0 Å². The van der Waals surface area contributed by atoms with Gasteiger partial charge in [-0.25, -0.2) is 4.39 Å². The molecule has 0 aliphatic rings. The summed E-state index contributed by atoms with van der Waals surface area (Å²) in [6.07, 6.45) is 0. The van der Waals surface area contributed by atoms with Crippen molar-refractivity contribution < 1.29 is 4.39 Å². The minimum Gasteiger partial charge on any atom is -0.220 e. The maximum absolute atomic E-state index is 12.6. The number of hydrogen-bond donors (Lipinski definition) is 0. The minimum absolute atomic E-state index is 1.43. The number of hydrogen-bond acceptors (Lipinski definition) is 0. The van der Waals surface area contributed by atoms with Crippen LogP contribution >= 0.6 is 58.0 Å². The van der Waals surface area contributed by atoms with E-state index in [1.165, 1.54) is 0 Å². The second kappa shape index (κ2) is 3.68. The Hall–Kier alpha value is 1.38. The van der Waals surface area contributed by atoms with Crippen LogP contribution in [0.4, 0.5) is 4.39 Å². The van der Waals surface area contributed by atoms with E-state index in [2.05, 4.69) is 0 Å². The van der Waals surface area contributed by atoms with Crippen LogP contribution < -0.4 is 0 Å². The maximum atomic E-state index is 12.6. The molecule has 0 unspecified atom stereocenters. The molecular formula is C3H2Cl5F. The predicted octanol–water partition coefficient (Wildman–Crippen LogP) is 3.50. The molecular weight excluding hydrogens is 232 g/mol. The molecule has 0 saturated heterocycles. The van der Waals surface area contributed by atoms with Crippen molar-refractivity contribution in [3.05, 3.63) is 0 Å². The molecule has 0 saturated carbocycles. The molecule has 0 radical (unpaired) electrons. The van der Waals surface area contributed by atoms with Crippen molar-refractivity contribution in [2.45, 2.75) is 14.8 Å². The van der Waals surface area contributed by atoms with Crippen LogP contribution in [0.5, 0.6) is 0 Å². The van der Waals surface area contributed by atoms with E-state index in [1.54, 1.807) is 0 Å². The molecule has 0 nitrogen and oxygen atoms in total. The van der Waals surface area contributed by atoms with Crippen LogP contribution in [0.25, 0.3) is 0 Å². The molecule has 9 heavy (non-hydrogen) atoms. The molecule has 0 bridgehead atoms. The van der Waals surface area contributed by atoms with Crippen LogP contribution in [0, 0.1) is 0 Å². The van der Waals surface area contributed by atoms with Gasteiger partial charge in [0, 0.05) is 0 Å². The van der Waals surface area contributed by atoms with E-state index in [-0.39, 0.29) is 0 Å². The standard InChI is InChI=1S/C3H2Cl5F/c4-1(5)3(8,9)2(6)7/h1-2H. The van der Waals surface area contributed by atoms with Crippen LogP contribution in [0.2, 0.25) is 0 Å². The first-order valence-electron chi connectivity index (χ1n) is 1.83. The zero-order valence-electron chi connectivity index (χ0n) is 3.92. The Labute approximate surface area is 77.2 Å². The summed E-state index contributed by atoms with van der Waals surface area (Å²) in [4.78, 5) is -2.86. The van der Waals surface area contributed by atoms with E-state index in [4.69, 9.17) is 58.0 Å². The molecule has 0 aromatic rings. The molecule has 0 heterocycles. The molecule has 0 atom stereocenters. The Morgan fingerprint density at radius 2 is 1.22 bits per heavy atom. The molecule has 6 heteroatoms. The summed E-state index contributed by atoms with van der Waals surface area (Å²) in [7, 11) is 0. The van der Waals surface area contributed by atoms with Gasteiger partial charge >= 0.3 is 0 Å². The molecule has 0 N–H and O–H groups in total. The summed E-state index contributed by atoms with van der Waals surface area (Å²) >= 11 is 25.2. The van der Waals surface area contributed by atoms with Gasteiger partial charge in [0.05, 0.1) is 0 Å². The number of alkyl halides is 6. The van der Waals surface area contributed by atoms with Gasteiger partial charge in [-0.05, 0) is 0 Å². The summed E-state index contributed by atoms with van der Waals surface area (Å²) in [5.74, 6) is 0. The monoisotopic (exact) mass is 232 g/mol. The second-order valence-corrected chi connectivity index (χ2v) is 4.05. The Bertz CT molecular complexity index is 80.2. The molecule has 0 aromatic carbocycles. The Morgan fingerprint density at radius 3 is 1.22 bits per heavy atom. The molecule has 0 aromatic heterocycles. The molecule has 0 spiro atoms. The third-order valence-corrected chi connectivity index (χ3v) is 2.74. The van der Waals surface area contributed by atoms with Crippen molar-refractivity contribution >= 4 is 58.0 Å². The zero-order chi connectivity index (χ0) is 7.65. The highest BCUT2D eigenvalue weighted by molar-refractivity contribution is 6.55. The van der Waals surface area contributed by atoms with Gasteiger partial charge in [-0.15, -0.1) is 46.4 Å². The first-order chi connectivity index (χ1) is 3.89. The molecule has 0 amide bonds. The van der Waals surface area contributed by atoms with E-state index in [0.29, 0.717) is 0 Å². The molecule has 0 aliphatic carbocycles. The van der Waals surface area contributed by atoms with E-state index in [0.717, 1.165) is 0 Å². The van der Waals surface area contributed by atoms with Crippen LogP contribution in [0.1, 0.15) is 0 Å². The van der Waals surface area contributed by atoms with E-state index >= 15 is 0 Å². The lowest BCUT2D eigenvalue weighted by molar-refractivity contribution is 0.316. The van der Waals surface area contributed by atoms with Gasteiger partial charge in [0.25, 0.3) is 0 Å². The summed E-state index contributed by atoms with van der Waals surface area (Å²) in [5, 5.41) is -2.47. The highest BCUT2D eigenvalue weighted by Gasteiger charge is 2.41. The number of halogens is 6. The van der Waals surface area contributed by atoms with E-state index < -0.39 is 14.8 Å². The largest absolute Gasteiger partial charge is 0.243 e. The second-order valence-electron chi connectivity index (χ2n) is 1.28. The Kier molecular flexibility index (Phi) is 4.24. The predicted molar refractivity (Wildman–Crippen MR) is 40.7 cm³/mol. The van der Waals surface area contributed by atoms with Crippen LogP contribution in [0.15, 0.2) is 0 Å². The van der Waals surface area contributed by atoms with Gasteiger partial charge in [-0.3, -0.25) is 0 Å². The summed E-state index contributed by atoms with van der Waals surface area (Å²) in [6.45, 7) is 0. The summed E-state index contributed by atoms with van der Waals surface area (Å²) < 4.78 is 12.6. The highest BCUT2D eigenvalue weighted by atomic mass is 35.5. The SMILES string of the molecule is FC(Cl)(C(Cl)Cl)C(Cl)Cl.